The van der Waals surface area contributed by atoms with E-state index in [-0.39, 0.29) is 17.6 Å². The lowest BCUT2D eigenvalue weighted by Gasteiger charge is -2.33. The number of piperazine rings is 1. The van der Waals surface area contributed by atoms with Crippen LogP contribution >= 0.6 is 0 Å². The normalized spacial score (nSPS) is 16.0. The summed E-state index contributed by atoms with van der Waals surface area (Å²) in [4.78, 5) is 33.0. The molecule has 1 aliphatic rings. The zero-order valence-corrected chi connectivity index (χ0v) is 20.1. The van der Waals surface area contributed by atoms with Gasteiger partial charge in [0.2, 0.25) is 0 Å². The number of carbonyl (C=O) groups is 1. The molecule has 0 spiro atoms. The van der Waals surface area contributed by atoms with Crippen molar-refractivity contribution in [2.45, 2.75) is 19.9 Å². The van der Waals surface area contributed by atoms with Crippen LogP contribution in [0.2, 0.25) is 0 Å². The molecule has 2 N–H and O–H groups in total. The highest BCUT2D eigenvalue weighted by molar-refractivity contribution is 6.02. The maximum Gasteiger partial charge on any atom is 0.274 e. The second kappa shape index (κ2) is 9.90. The topological polar surface area (TPSA) is 95.0 Å². The number of imidazole rings is 2. The molecule has 0 unspecified atom stereocenters. The van der Waals surface area contributed by atoms with Crippen LogP contribution in [0.15, 0.2) is 55.1 Å². The number of nitrogens with one attached hydrogen (secondary N) is 2. The Morgan fingerprint density at radius 2 is 1.83 bits per heavy atom. The number of amides is 1. The van der Waals surface area contributed by atoms with Crippen LogP contribution < -0.4 is 10.2 Å². The highest BCUT2D eigenvalue weighted by Crippen LogP contribution is 2.32. The number of nitrogens with zero attached hydrogens (tertiary/aromatic N) is 6. The predicted molar refractivity (Wildman–Crippen MR) is 137 cm³/mol. The van der Waals surface area contributed by atoms with Gasteiger partial charge < -0.3 is 24.7 Å². The van der Waals surface area contributed by atoms with Crippen LogP contribution in [0.3, 0.4) is 0 Å². The van der Waals surface area contributed by atoms with E-state index in [9.17, 15) is 9.18 Å². The first-order valence-electron chi connectivity index (χ1n) is 13.3. The van der Waals surface area contributed by atoms with Crippen molar-refractivity contribution in [1.82, 2.24) is 29.4 Å². The summed E-state index contributed by atoms with van der Waals surface area (Å²) >= 11 is 0. The summed E-state index contributed by atoms with van der Waals surface area (Å²) in [5.41, 5.74) is 3.16. The van der Waals surface area contributed by atoms with E-state index in [1.807, 2.05) is 24.5 Å². The molecule has 186 valence electrons. The fourth-order valence-electron chi connectivity index (χ4n) is 4.16. The number of pyridine rings is 1. The fraction of sp³-hybridized carbons (Fsp3) is 0.308. The van der Waals surface area contributed by atoms with Gasteiger partial charge in [0, 0.05) is 41.9 Å². The summed E-state index contributed by atoms with van der Waals surface area (Å²) in [6, 6.07) is 9.70. The minimum absolute atomic E-state index is 0.0724. The highest BCUT2D eigenvalue weighted by Gasteiger charge is 2.21. The van der Waals surface area contributed by atoms with Crippen LogP contribution in [0, 0.1) is 5.82 Å². The summed E-state index contributed by atoms with van der Waals surface area (Å²) in [6.07, 6.45) is 4.82. The molecular weight excluding hydrogens is 459 g/mol. The standard InChI is InChI=1S/C26H29FN8O/c1-17(2)35-16-30-23(18-4-6-19(27)7-5-18)24(35)25-29-15-21(31-25)26(36)32-22-9-8-20(14-28-22)34-12-10-33(3)11-13-34/h4-9,14-17H,10-13H2,1-3H3,(H,29,31)(H,28,32,36)/i3D3. The molecule has 0 atom stereocenters. The van der Waals surface area contributed by atoms with Gasteiger partial charge in [-0.15, -0.1) is 0 Å². The Morgan fingerprint density at radius 1 is 1.06 bits per heavy atom. The minimum atomic E-state index is -2.08. The van der Waals surface area contributed by atoms with Crippen LogP contribution in [-0.4, -0.2) is 68.5 Å². The van der Waals surface area contributed by atoms with Crippen molar-refractivity contribution in [3.8, 4) is 22.8 Å². The van der Waals surface area contributed by atoms with E-state index in [1.165, 1.54) is 23.2 Å². The number of rotatable bonds is 6. The summed E-state index contributed by atoms with van der Waals surface area (Å²) < 4.78 is 38.1. The Morgan fingerprint density at radius 3 is 2.50 bits per heavy atom. The Balaban J connectivity index is 1.29. The molecule has 9 nitrogen and oxygen atoms in total. The Hall–Kier alpha value is -4.05. The Kier molecular flexibility index (Phi) is 5.55. The number of H-pyrrole nitrogens is 1. The number of hydrogen-bond acceptors (Lipinski definition) is 6. The van der Waals surface area contributed by atoms with E-state index in [2.05, 4.69) is 30.2 Å². The van der Waals surface area contributed by atoms with Crippen molar-refractivity contribution < 1.29 is 13.3 Å². The number of benzene rings is 1. The number of aromatic amines is 1. The van der Waals surface area contributed by atoms with Gasteiger partial charge in [-0.05, 0) is 57.2 Å². The second-order valence-corrected chi connectivity index (χ2v) is 8.93. The van der Waals surface area contributed by atoms with Crippen LogP contribution in [0.4, 0.5) is 15.9 Å². The monoisotopic (exact) mass is 491 g/mol. The lowest BCUT2D eigenvalue weighted by atomic mass is 10.1. The maximum atomic E-state index is 13.5. The van der Waals surface area contributed by atoms with E-state index in [0.29, 0.717) is 49.2 Å². The molecule has 1 amide bonds. The van der Waals surface area contributed by atoms with Gasteiger partial charge in [0.1, 0.15) is 23.0 Å². The molecular formula is C26H29FN8O. The minimum Gasteiger partial charge on any atom is -0.368 e. The molecule has 4 heterocycles. The van der Waals surface area contributed by atoms with Crippen molar-refractivity contribution in [2.75, 3.05) is 43.4 Å². The molecule has 1 aliphatic heterocycles. The largest absolute Gasteiger partial charge is 0.368 e. The third-order valence-electron chi connectivity index (χ3n) is 6.15. The summed E-state index contributed by atoms with van der Waals surface area (Å²) in [7, 11) is 0. The van der Waals surface area contributed by atoms with E-state index in [4.69, 9.17) is 4.11 Å². The first-order chi connectivity index (χ1) is 18.6. The van der Waals surface area contributed by atoms with Crippen LogP contribution in [0.5, 0.6) is 0 Å². The van der Waals surface area contributed by atoms with Gasteiger partial charge in [0.15, 0.2) is 5.82 Å². The first kappa shape index (κ1) is 20.2. The smallest absolute Gasteiger partial charge is 0.274 e. The molecule has 36 heavy (non-hydrogen) atoms. The number of carbonyl (C=O) groups excluding carboxylic acids is 1. The molecule has 4 aromatic rings. The SMILES string of the molecule is [2H]C([2H])([2H])N1CCN(c2ccc(NC(=O)c3cnc(-c4c(-c5ccc(F)cc5)ncn4C(C)C)[nH]3)nc2)CC1. The van der Waals surface area contributed by atoms with Crippen molar-refractivity contribution in [3.63, 3.8) is 0 Å². The van der Waals surface area contributed by atoms with Crippen LogP contribution in [0.25, 0.3) is 22.8 Å². The van der Waals surface area contributed by atoms with Gasteiger partial charge in [-0.25, -0.2) is 19.3 Å². The van der Waals surface area contributed by atoms with E-state index >= 15 is 0 Å². The fourth-order valence-corrected chi connectivity index (χ4v) is 4.16. The molecule has 0 aliphatic carbocycles. The van der Waals surface area contributed by atoms with Crippen molar-refractivity contribution in [2.24, 2.45) is 0 Å². The van der Waals surface area contributed by atoms with Crippen molar-refractivity contribution in [3.05, 3.63) is 66.6 Å². The van der Waals surface area contributed by atoms with Gasteiger partial charge in [-0.1, -0.05) is 0 Å². The summed E-state index contributed by atoms with van der Waals surface area (Å²) in [5, 5.41) is 2.78. The molecule has 0 saturated carbocycles. The molecule has 1 aromatic carbocycles. The molecule has 1 saturated heterocycles. The number of halogens is 1. The molecule has 3 aromatic heterocycles. The van der Waals surface area contributed by atoms with Gasteiger partial charge in [0.05, 0.1) is 30.1 Å². The summed E-state index contributed by atoms with van der Waals surface area (Å²) in [5.74, 6) is 0.0999. The predicted octanol–water partition coefficient (Wildman–Crippen LogP) is 4.06. The number of hydrogen-bond donors (Lipinski definition) is 2. The highest BCUT2D eigenvalue weighted by atomic mass is 19.1. The molecule has 10 heteroatoms. The van der Waals surface area contributed by atoms with Gasteiger partial charge >= 0.3 is 0 Å². The van der Waals surface area contributed by atoms with Gasteiger partial charge in [0.25, 0.3) is 5.91 Å². The molecule has 0 radical (unpaired) electrons. The average molecular weight is 492 g/mol. The van der Waals surface area contributed by atoms with Crippen LogP contribution in [-0.2, 0) is 0 Å². The zero-order chi connectivity index (χ0) is 27.7. The van der Waals surface area contributed by atoms with Gasteiger partial charge in [-0.2, -0.15) is 0 Å². The van der Waals surface area contributed by atoms with Crippen LogP contribution in [0.1, 0.15) is 34.5 Å². The lowest BCUT2D eigenvalue weighted by Crippen LogP contribution is -2.44. The number of aromatic nitrogens is 5. The Labute approximate surface area is 213 Å². The quantitative estimate of drug-likeness (QED) is 0.422. The van der Waals surface area contributed by atoms with Crippen molar-refractivity contribution in [1.29, 1.82) is 0 Å². The van der Waals surface area contributed by atoms with Gasteiger partial charge in [-0.3, -0.25) is 4.79 Å². The first-order valence-corrected chi connectivity index (χ1v) is 11.8. The third-order valence-corrected chi connectivity index (χ3v) is 6.15. The maximum absolute atomic E-state index is 13.5. The van der Waals surface area contributed by atoms with E-state index < -0.39 is 12.9 Å². The summed E-state index contributed by atoms with van der Waals surface area (Å²) in [6.45, 7) is 3.98. The molecule has 5 rings (SSSR count). The third kappa shape index (κ3) is 4.85. The molecule has 0 bridgehead atoms. The van der Waals surface area contributed by atoms with Crippen molar-refractivity contribution >= 4 is 17.4 Å². The second-order valence-electron chi connectivity index (χ2n) is 8.93. The lowest BCUT2D eigenvalue weighted by molar-refractivity contribution is 0.102. The Bertz CT molecular complexity index is 1440. The van der Waals surface area contributed by atoms with E-state index in [0.717, 1.165) is 11.3 Å². The number of anilines is 2. The molecule has 1 fully saturated rings. The average Bonchev–Trinajstić information content (AvgIpc) is 3.57. The van der Waals surface area contributed by atoms with E-state index in [1.54, 1.807) is 30.7 Å². The number of likely N-dealkylation sites (N-methyl/N-ethyl adjacent to an activating group) is 1. The zero-order valence-electron chi connectivity index (χ0n) is 23.1.